The van der Waals surface area contributed by atoms with Crippen LogP contribution < -0.4 is 10.9 Å². The molecule has 0 bridgehead atoms. The van der Waals surface area contributed by atoms with E-state index >= 15 is 0 Å². The highest BCUT2D eigenvalue weighted by Crippen LogP contribution is 2.14. The van der Waals surface area contributed by atoms with Gasteiger partial charge in [-0.3, -0.25) is 14.2 Å². The number of carbonyl (C=O) groups excluding carboxylic acids is 1. The predicted molar refractivity (Wildman–Crippen MR) is 101 cm³/mol. The maximum absolute atomic E-state index is 13.1. The Labute approximate surface area is 159 Å². The summed E-state index contributed by atoms with van der Waals surface area (Å²) < 4.78 is 15.8. The van der Waals surface area contributed by atoms with E-state index in [0.29, 0.717) is 17.9 Å². The normalized spacial score (nSPS) is 10.9. The molecule has 0 aliphatic rings. The van der Waals surface area contributed by atoms with Crippen molar-refractivity contribution in [1.29, 1.82) is 0 Å². The highest BCUT2D eigenvalue weighted by Gasteiger charge is 2.13. The van der Waals surface area contributed by atoms with Crippen molar-refractivity contribution in [2.75, 3.05) is 0 Å². The van der Waals surface area contributed by atoms with E-state index in [1.165, 1.54) is 33.9 Å². The molecule has 0 aliphatic carbocycles. The van der Waals surface area contributed by atoms with Gasteiger partial charge in [0.1, 0.15) is 24.1 Å². The maximum atomic E-state index is 13.1. The van der Waals surface area contributed by atoms with Gasteiger partial charge in [-0.05, 0) is 29.8 Å². The molecule has 0 spiro atoms. The third-order valence-corrected chi connectivity index (χ3v) is 4.27. The summed E-state index contributed by atoms with van der Waals surface area (Å²) in [5.41, 5.74) is 1.53. The van der Waals surface area contributed by atoms with E-state index in [0.717, 1.165) is 5.56 Å². The predicted octanol–water partition coefficient (Wildman–Crippen LogP) is 2.04. The lowest BCUT2D eigenvalue weighted by Gasteiger charge is -2.08. The van der Waals surface area contributed by atoms with Crippen molar-refractivity contribution in [2.45, 2.75) is 13.1 Å². The zero-order chi connectivity index (χ0) is 19.5. The fourth-order valence-electron chi connectivity index (χ4n) is 2.84. The monoisotopic (exact) mass is 377 g/mol. The molecule has 0 aliphatic heterocycles. The molecule has 8 heteroatoms. The van der Waals surface area contributed by atoms with Gasteiger partial charge < -0.3 is 5.32 Å². The standard InChI is InChI=1S/C20H16FN5O2/c21-15-6-8-16(9-7-15)26-19-17(11-24-26)20(28)25(13-23-19)12-18(27)22-10-14-4-2-1-3-5-14/h1-9,11,13H,10,12H2,(H,22,27). The van der Waals surface area contributed by atoms with E-state index < -0.39 is 0 Å². The van der Waals surface area contributed by atoms with E-state index in [4.69, 9.17) is 0 Å². The number of nitrogens with one attached hydrogen (secondary N) is 1. The Hall–Kier alpha value is -3.81. The molecule has 7 nitrogen and oxygen atoms in total. The summed E-state index contributed by atoms with van der Waals surface area (Å²) in [7, 11) is 0. The van der Waals surface area contributed by atoms with Crippen molar-refractivity contribution in [3.05, 3.63) is 88.9 Å². The average Bonchev–Trinajstić information content (AvgIpc) is 3.15. The van der Waals surface area contributed by atoms with Crippen molar-refractivity contribution >= 4 is 16.9 Å². The van der Waals surface area contributed by atoms with Crippen LogP contribution in [-0.2, 0) is 17.9 Å². The van der Waals surface area contributed by atoms with Gasteiger partial charge in [0, 0.05) is 6.54 Å². The van der Waals surface area contributed by atoms with Crippen LogP contribution in [0.15, 0.2) is 71.9 Å². The van der Waals surface area contributed by atoms with E-state index in [-0.39, 0.29) is 29.2 Å². The number of hydrogen-bond donors (Lipinski definition) is 1. The molecule has 0 radical (unpaired) electrons. The summed E-state index contributed by atoms with van der Waals surface area (Å²) in [4.78, 5) is 29.1. The Balaban J connectivity index is 1.54. The Morgan fingerprint density at radius 3 is 2.57 bits per heavy atom. The molecule has 1 N–H and O–H groups in total. The highest BCUT2D eigenvalue weighted by atomic mass is 19.1. The molecule has 0 saturated heterocycles. The zero-order valence-corrected chi connectivity index (χ0v) is 14.7. The van der Waals surface area contributed by atoms with Gasteiger partial charge in [-0.2, -0.15) is 5.10 Å². The van der Waals surface area contributed by atoms with Crippen LogP contribution in [0.25, 0.3) is 16.7 Å². The Kier molecular flexibility index (Phi) is 4.67. The molecular weight excluding hydrogens is 361 g/mol. The minimum atomic E-state index is -0.367. The summed E-state index contributed by atoms with van der Waals surface area (Å²) in [5.74, 6) is -0.657. The van der Waals surface area contributed by atoms with Crippen molar-refractivity contribution in [3.8, 4) is 5.69 Å². The second-order valence-corrected chi connectivity index (χ2v) is 6.21. The summed E-state index contributed by atoms with van der Waals surface area (Å²) >= 11 is 0. The lowest BCUT2D eigenvalue weighted by atomic mass is 10.2. The van der Waals surface area contributed by atoms with Crippen LogP contribution in [0.4, 0.5) is 4.39 Å². The largest absolute Gasteiger partial charge is 0.350 e. The topological polar surface area (TPSA) is 81.8 Å². The SMILES string of the molecule is O=C(Cn1cnc2c(cnn2-c2ccc(F)cc2)c1=O)NCc1ccccc1. The first-order valence-electron chi connectivity index (χ1n) is 8.61. The smallest absolute Gasteiger partial charge is 0.264 e. The number of rotatable bonds is 5. The van der Waals surface area contributed by atoms with Gasteiger partial charge in [0.2, 0.25) is 5.91 Å². The summed E-state index contributed by atoms with van der Waals surface area (Å²) in [5, 5.41) is 7.23. The van der Waals surface area contributed by atoms with Crippen LogP contribution in [0, 0.1) is 5.82 Å². The van der Waals surface area contributed by atoms with Gasteiger partial charge in [-0.25, -0.2) is 14.1 Å². The molecule has 0 fully saturated rings. The molecule has 1 amide bonds. The molecule has 4 rings (SSSR count). The molecule has 140 valence electrons. The van der Waals surface area contributed by atoms with Gasteiger partial charge in [0.25, 0.3) is 5.56 Å². The van der Waals surface area contributed by atoms with Crippen LogP contribution in [0.1, 0.15) is 5.56 Å². The van der Waals surface area contributed by atoms with Crippen molar-refractivity contribution in [1.82, 2.24) is 24.6 Å². The van der Waals surface area contributed by atoms with Crippen LogP contribution >= 0.6 is 0 Å². The number of hydrogen-bond acceptors (Lipinski definition) is 4. The van der Waals surface area contributed by atoms with Crippen LogP contribution in [0.2, 0.25) is 0 Å². The van der Waals surface area contributed by atoms with E-state index in [9.17, 15) is 14.0 Å². The van der Waals surface area contributed by atoms with Gasteiger partial charge in [-0.15, -0.1) is 0 Å². The Morgan fingerprint density at radius 1 is 1.07 bits per heavy atom. The van der Waals surface area contributed by atoms with E-state index in [2.05, 4.69) is 15.4 Å². The van der Waals surface area contributed by atoms with E-state index in [1.807, 2.05) is 30.3 Å². The molecule has 0 atom stereocenters. The molecule has 4 aromatic rings. The van der Waals surface area contributed by atoms with Crippen molar-refractivity contribution in [2.24, 2.45) is 0 Å². The zero-order valence-electron chi connectivity index (χ0n) is 14.7. The molecule has 0 saturated carbocycles. The molecule has 2 aromatic heterocycles. The summed E-state index contributed by atoms with van der Waals surface area (Å²) in [6, 6.07) is 15.2. The third-order valence-electron chi connectivity index (χ3n) is 4.27. The fourth-order valence-corrected chi connectivity index (χ4v) is 2.84. The summed E-state index contributed by atoms with van der Waals surface area (Å²) in [6.45, 7) is 0.239. The second kappa shape index (κ2) is 7.43. The minimum absolute atomic E-state index is 0.143. The van der Waals surface area contributed by atoms with Crippen LogP contribution in [0.5, 0.6) is 0 Å². The first-order valence-corrected chi connectivity index (χ1v) is 8.61. The molecule has 2 heterocycles. The van der Waals surface area contributed by atoms with Gasteiger partial charge >= 0.3 is 0 Å². The summed E-state index contributed by atoms with van der Waals surface area (Å²) in [6.07, 6.45) is 2.71. The van der Waals surface area contributed by atoms with Crippen molar-refractivity contribution < 1.29 is 9.18 Å². The van der Waals surface area contributed by atoms with Crippen molar-refractivity contribution in [3.63, 3.8) is 0 Å². The number of nitrogens with zero attached hydrogens (tertiary/aromatic N) is 4. The van der Waals surface area contributed by atoms with Gasteiger partial charge in [0.05, 0.1) is 11.9 Å². The highest BCUT2D eigenvalue weighted by molar-refractivity contribution is 5.77. The molecule has 2 aromatic carbocycles. The number of carbonyl (C=O) groups is 1. The average molecular weight is 377 g/mol. The molecular formula is C20H16FN5O2. The van der Waals surface area contributed by atoms with Gasteiger partial charge in [-0.1, -0.05) is 30.3 Å². The fraction of sp³-hybridized carbons (Fsp3) is 0.100. The Morgan fingerprint density at radius 2 is 1.82 bits per heavy atom. The molecule has 0 unspecified atom stereocenters. The lowest BCUT2D eigenvalue weighted by molar-refractivity contribution is -0.121. The number of aromatic nitrogens is 4. The number of amides is 1. The second-order valence-electron chi connectivity index (χ2n) is 6.21. The van der Waals surface area contributed by atoms with E-state index in [1.54, 1.807) is 12.1 Å². The number of halogens is 1. The first-order chi connectivity index (χ1) is 13.6. The maximum Gasteiger partial charge on any atom is 0.264 e. The Bertz CT molecular complexity index is 1180. The van der Waals surface area contributed by atoms with Gasteiger partial charge in [0.15, 0.2) is 5.65 Å². The first kappa shape index (κ1) is 17.6. The van der Waals surface area contributed by atoms with Crippen LogP contribution in [-0.4, -0.2) is 25.2 Å². The number of fused-ring (bicyclic) bond motifs is 1. The number of benzene rings is 2. The molecule has 28 heavy (non-hydrogen) atoms. The minimum Gasteiger partial charge on any atom is -0.350 e. The lowest BCUT2D eigenvalue weighted by Crippen LogP contribution is -2.32. The quantitative estimate of drug-likeness (QED) is 0.577. The van der Waals surface area contributed by atoms with Crippen LogP contribution in [0.3, 0.4) is 0 Å². The third kappa shape index (κ3) is 3.52.